The summed E-state index contributed by atoms with van der Waals surface area (Å²) in [6.07, 6.45) is 2.20. The highest BCUT2D eigenvalue weighted by atomic mass is 16.4. The third kappa shape index (κ3) is 6.22. The van der Waals surface area contributed by atoms with Gasteiger partial charge < -0.3 is 15.7 Å². The molecule has 0 aliphatic rings. The van der Waals surface area contributed by atoms with Gasteiger partial charge in [0.2, 0.25) is 0 Å². The van der Waals surface area contributed by atoms with E-state index in [1.807, 2.05) is 37.3 Å². The first-order valence-electron chi connectivity index (χ1n) is 6.94. The summed E-state index contributed by atoms with van der Waals surface area (Å²) in [5.74, 6) is -0.801. The Morgan fingerprint density at radius 3 is 2.50 bits per heavy atom. The normalized spacial score (nSPS) is 11.7. The summed E-state index contributed by atoms with van der Waals surface area (Å²) in [4.78, 5) is 22.1. The smallest absolute Gasteiger partial charge is 0.315 e. The number of carbonyl (C=O) groups is 2. The standard InChI is InChI=1S/C15H22N2O3/c1-2-13(12-8-4-3-5-9-12)17-15(20)16-11-7-6-10-14(18)19/h3-5,8-9,13H,2,6-7,10-11H2,1H3,(H,18,19)(H2,16,17,20). The average Bonchev–Trinajstić information content (AvgIpc) is 2.45. The van der Waals surface area contributed by atoms with Crippen LogP contribution in [0, 0.1) is 0 Å². The lowest BCUT2D eigenvalue weighted by Crippen LogP contribution is -2.38. The van der Waals surface area contributed by atoms with E-state index in [1.165, 1.54) is 0 Å². The molecule has 0 spiro atoms. The van der Waals surface area contributed by atoms with Crippen LogP contribution in [0.3, 0.4) is 0 Å². The highest BCUT2D eigenvalue weighted by Gasteiger charge is 2.11. The van der Waals surface area contributed by atoms with Crippen LogP contribution in [-0.4, -0.2) is 23.7 Å². The monoisotopic (exact) mass is 278 g/mol. The Labute approximate surface area is 119 Å². The Hall–Kier alpha value is -2.04. The van der Waals surface area contributed by atoms with Gasteiger partial charge in [0, 0.05) is 13.0 Å². The Morgan fingerprint density at radius 2 is 1.90 bits per heavy atom. The lowest BCUT2D eigenvalue weighted by atomic mass is 10.1. The van der Waals surface area contributed by atoms with Gasteiger partial charge in [0.15, 0.2) is 0 Å². The van der Waals surface area contributed by atoms with Crippen molar-refractivity contribution >= 4 is 12.0 Å². The van der Waals surface area contributed by atoms with E-state index in [2.05, 4.69) is 10.6 Å². The predicted molar refractivity (Wildman–Crippen MR) is 77.5 cm³/mol. The second-order valence-electron chi connectivity index (χ2n) is 4.62. The van der Waals surface area contributed by atoms with Crippen LogP contribution >= 0.6 is 0 Å². The van der Waals surface area contributed by atoms with E-state index in [4.69, 9.17) is 5.11 Å². The molecule has 3 N–H and O–H groups in total. The van der Waals surface area contributed by atoms with Crippen LogP contribution in [0.15, 0.2) is 30.3 Å². The molecule has 0 aromatic heterocycles. The van der Waals surface area contributed by atoms with Crippen LogP contribution in [0.1, 0.15) is 44.2 Å². The summed E-state index contributed by atoms with van der Waals surface area (Å²) in [5.41, 5.74) is 1.08. The van der Waals surface area contributed by atoms with Gasteiger partial charge in [-0.05, 0) is 24.8 Å². The predicted octanol–water partition coefficient (Wildman–Crippen LogP) is 2.69. The number of carbonyl (C=O) groups excluding carboxylic acids is 1. The average molecular weight is 278 g/mol. The largest absolute Gasteiger partial charge is 0.481 e. The number of hydrogen-bond acceptors (Lipinski definition) is 2. The molecule has 1 aromatic rings. The topological polar surface area (TPSA) is 78.4 Å². The second-order valence-corrected chi connectivity index (χ2v) is 4.62. The number of benzene rings is 1. The minimum Gasteiger partial charge on any atom is -0.481 e. The Bertz CT molecular complexity index is 420. The van der Waals surface area contributed by atoms with E-state index >= 15 is 0 Å². The fourth-order valence-electron chi connectivity index (χ4n) is 1.92. The minimum atomic E-state index is -0.801. The second kappa shape index (κ2) is 8.96. The number of aliphatic carboxylic acids is 1. The fourth-order valence-corrected chi connectivity index (χ4v) is 1.92. The molecule has 0 saturated heterocycles. The molecule has 110 valence electrons. The van der Waals surface area contributed by atoms with Crippen LogP contribution in [0.5, 0.6) is 0 Å². The van der Waals surface area contributed by atoms with E-state index in [-0.39, 0.29) is 18.5 Å². The lowest BCUT2D eigenvalue weighted by Gasteiger charge is -2.17. The summed E-state index contributed by atoms with van der Waals surface area (Å²) in [6.45, 7) is 2.51. The van der Waals surface area contributed by atoms with Crippen LogP contribution < -0.4 is 10.6 Å². The molecule has 1 rings (SSSR count). The first-order chi connectivity index (χ1) is 9.63. The molecule has 5 nitrogen and oxygen atoms in total. The molecular weight excluding hydrogens is 256 g/mol. The SMILES string of the molecule is CCC(NC(=O)NCCCCC(=O)O)c1ccccc1. The number of nitrogens with one attached hydrogen (secondary N) is 2. The van der Waals surface area contributed by atoms with Crippen molar-refractivity contribution in [3.05, 3.63) is 35.9 Å². The number of carboxylic acids is 1. The van der Waals surface area contributed by atoms with Crippen molar-refractivity contribution in [3.8, 4) is 0 Å². The number of urea groups is 1. The molecule has 0 radical (unpaired) electrons. The van der Waals surface area contributed by atoms with Crippen molar-refractivity contribution in [1.82, 2.24) is 10.6 Å². The summed E-state index contributed by atoms with van der Waals surface area (Å²) in [5, 5.41) is 14.2. The maximum absolute atomic E-state index is 11.7. The van der Waals surface area contributed by atoms with Crippen LogP contribution in [0.4, 0.5) is 4.79 Å². The zero-order valence-electron chi connectivity index (χ0n) is 11.8. The summed E-state index contributed by atoms with van der Waals surface area (Å²) in [7, 11) is 0. The Kier molecular flexibility index (Phi) is 7.17. The van der Waals surface area contributed by atoms with Crippen molar-refractivity contribution in [3.63, 3.8) is 0 Å². The third-order valence-corrected chi connectivity index (χ3v) is 3.02. The van der Waals surface area contributed by atoms with Gasteiger partial charge in [-0.25, -0.2) is 4.79 Å². The van der Waals surface area contributed by atoms with Gasteiger partial charge >= 0.3 is 12.0 Å². The molecule has 2 amide bonds. The molecule has 0 bridgehead atoms. The van der Waals surface area contributed by atoms with Crippen LogP contribution in [-0.2, 0) is 4.79 Å². The van der Waals surface area contributed by atoms with E-state index in [0.29, 0.717) is 19.4 Å². The summed E-state index contributed by atoms with van der Waals surface area (Å²) < 4.78 is 0. The van der Waals surface area contributed by atoms with E-state index in [1.54, 1.807) is 0 Å². The van der Waals surface area contributed by atoms with Gasteiger partial charge in [-0.2, -0.15) is 0 Å². The molecule has 1 unspecified atom stereocenters. The molecule has 0 aliphatic carbocycles. The van der Waals surface area contributed by atoms with Gasteiger partial charge in [0.25, 0.3) is 0 Å². The first-order valence-corrected chi connectivity index (χ1v) is 6.94. The van der Waals surface area contributed by atoms with Crippen molar-refractivity contribution in [2.75, 3.05) is 6.54 Å². The van der Waals surface area contributed by atoms with Gasteiger partial charge in [-0.3, -0.25) is 4.79 Å². The van der Waals surface area contributed by atoms with Crippen molar-refractivity contribution in [2.24, 2.45) is 0 Å². The zero-order valence-corrected chi connectivity index (χ0v) is 11.8. The van der Waals surface area contributed by atoms with Crippen LogP contribution in [0.2, 0.25) is 0 Å². The lowest BCUT2D eigenvalue weighted by molar-refractivity contribution is -0.137. The van der Waals surface area contributed by atoms with Gasteiger partial charge in [0.05, 0.1) is 6.04 Å². The molecule has 0 fully saturated rings. The highest BCUT2D eigenvalue weighted by molar-refractivity contribution is 5.74. The first kappa shape index (κ1) is 16.0. The third-order valence-electron chi connectivity index (χ3n) is 3.02. The number of carboxylic acid groups (broad SMARTS) is 1. The molecule has 0 heterocycles. The number of hydrogen-bond donors (Lipinski definition) is 3. The van der Waals surface area contributed by atoms with Gasteiger partial charge in [-0.15, -0.1) is 0 Å². The molecule has 20 heavy (non-hydrogen) atoms. The molecule has 0 saturated carbocycles. The maximum Gasteiger partial charge on any atom is 0.315 e. The Morgan fingerprint density at radius 1 is 1.20 bits per heavy atom. The van der Waals surface area contributed by atoms with E-state index in [0.717, 1.165) is 12.0 Å². The maximum atomic E-state index is 11.7. The molecule has 5 heteroatoms. The van der Waals surface area contributed by atoms with Crippen molar-refractivity contribution in [1.29, 1.82) is 0 Å². The highest BCUT2D eigenvalue weighted by Crippen LogP contribution is 2.15. The van der Waals surface area contributed by atoms with Crippen molar-refractivity contribution < 1.29 is 14.7 Å². The minimum absolute atomic E-state index is 0.00443. The molecule has 0 aliphatic heterocycles. The zero-order chi connectivity index (χ0) is 14.8. The summed E-state index contributed by atoms with van der Waals surface area (Å²) in [6, 6.07) is 9.60. The van der Waals surface area contributed by atoms with Crippen LogP contribution in [0.25, 0.3) is 0 Å². The quantitative estimate of drug-likeness (QED) is 0.640. The molecular formula is C15H22N2O3. The number of rotatable bonds is 8. The van der Waals surface area contributed by atoms with E-state index < -0.39 is 5.97 Å². The number of unbranched alkanes of at least 4 members (excludes halogenated alkanes) is 1. The van der Waals surface area contributed by atoms with Gasteiger partial charge in [0.1, 0.15) is 0 Å². The Balaban J connectivity index is 2.28. The summed E-state index contributed by atoms with van der Waals surface area (Å²) >= 11 is 0. The molecule has 1 atom stereocenters. The van der Waals surface area contributed by atoms with Gasteiger partial charge in [-0.1, -0.05) is 37.3 Å². The fraction of sp³-hybridized carbons (Fsp3) is 0.467. The van der Waals surface area contributed by atoms with E-state index in [9.17, 15) is 9.59 Å². The molecule has 1 aromatic carbocycles. The number of amides is 2. The van der Waals surface area contributed by atoms with Crippen molar-refractivity contribution in [2.45, 2.75) is 38.6 Å².